The maximum atomic E-state index is 13.0. The Kier molecular flexibility index (Phi) is 7.11. The van der Waals surface area contributed by atoms with Crippen molar-refractivity contribution in [2.45, 2.75) is 32.2 Å². The maximum absolute atomic E-state index is 13.0. The summed E-state index contributed by atoms with van der Waals surface area (Å²) in [6.45, 7) is 5.11. The summed E-state index contributed by atoms with van der Waals surface area (Å²) in [4.78, 5) is 29.4. The first-order chi connectivity index (χ1) is 11.6. The van der Waals surface area contributed by atoms with Gasteiger partial charge in [-0.2, -0.15) is 0 Å². The Balaban J connectivity index is 0.00000225. The summed E-state index contributed by atoms with van der Waals surface area (Å²) in [5, 5.41) is 3.90. The van der Waals surface area contributed by atoms with E-state index in [2.05, 4.69) is 12.2 Å². The molecule has 0 radical (unpaired) electrons. The predicted octanol–water partition coefficient (Wildman–Crippen LogP) is 2.72. The van der Waals surface area contributed by atoms with Gasteiger partial charge in [-0.05, 0) is 44.0 Å². The molecule has 2 atom stereocenters. The third-order valence-electron chi connectivity index (χ3n) is 4.85. The summed E-state index contributed by atoms with van der Waals surface area (Å²) in [6, 6.07) is 7.46. The van der Waals surface area contributed by atoms with Crippen molar-refractivity contribution < 1.29 is 9.59 Å². The lowest BCUT2D eigenvalue weighted by Crippen LogP contribution is -2.47. The van der Waals surface area contributed by atoms with E-state index in [1.165, 1.54) is 0 Å². The first-order valence-electron chi connectivity index (χ1n) is 8.70. The molecule has 0 spiro atoms. The zero-order valence-corrected chi connectivity index (χ0v) is 16.0. The van der Waals surface area contributed by atoms with Crippen molar-refractivity contribution in [2.24, 2.45) is 5.92 Å². The molecule has 2 amide bonds. The zero-order chi connectivity index (χ0) is 17.1. The number of benzene rings is 1. The fourth-order valence-corrected chi connectivity index (χ4v) is 3.81. The molecule has 138 valence electrons. The van der Waals surface area contributed by atoms with E-state index in [-0.39, 0.29) is 30.3 Å². The highest BCUT2D eigenvalue weighted by molar-refractivity contribution is 6.31. The number of amides is 2. The zero-order valence-electron chi connectivity index (χ0n) is 14.4. The van der Waals surface area contributed by atoms with E-state index in [1.807, 2.05) is 17.0 Å². The minimum Gasteiger partial charge on any atom is -0.338 e. The van der Waals surface area contributed by atoms with Gasteiger partial charge in [-0.3, -0.25) is 9.59 Å². The Morgan fingerprint density at radius 3 is 2.84 bits per heavy atom. The number of rotatable bonds is 5. The largest absolute Gasteiger partial charge is 0.338 e. The van der Waals surface area contributed by atoms with Crippen LogP contribution >= 0.6 is 24.0 Å². The molecule has 0 saturated carbocycles. The van der Waals surface area contributed by atoms with Gasteiger partial charge >= 0.3 is 0 Å². The summed E-state index contributed by atoms with van der Waals surface area (Å²) in [5.74, 6) is -0.675. The van der Waals surface area contributed by atoms with E-state index in [9.17, 15) is 9.59 Å². The average molecular weight is 386 g/mol. The summed E-state index contributed by atoms with van der Waals surface area (Å²) in [7, 11) is 0. The second-order valence-electron chi connectivity index (χ2n) is 6.49. The molecule has 2 saturated heterocycles. The summed E-state index contributed by atoms with van der Waals surface area (Å²) in [6.07, 6.45) is 2.44. The highest BCUT2D eigenvalue weighted by atomic mass is 35.5. The van der Waals surface area contributed by atoms with E-state index in [0.29, 0.717) is 24.5 Å². The molecule has 1 aromatic rings. The van der Waals surface area contributed by atoms with Crippen molar-refractivity contribution in [3.8, 4) is 0 Å². The van der Waals surface area contributed by atoms with Crippen LogP contribution in [-0.4, -0.2) is 48.9 Å². The van der Waals surface area contributed by atoms with E-state index in [4.69, 9.17) is 11.6 Å². The predicted molar refractivity (Wildman–Crippen MR) is 102 cm³/mol. The summed E-state index contributed by atoms with van der Waals surface area (Å²) >= 11 is 6.03. The first-order valence-corrected chi connectivity index (χ1v) is 9.07. The molecule has 0 aliphatic carbocycles. The normalized spacial score (nSPS) is 22.8. The molecule has 0 aromatic heterocycles. The highest BCUT2D eigenvalue weighted by Crippen LogP contribution is 2.29. The smallest absolute Gasteiger partial charge is 0.239 e. The highest BCUT2D eigenvalue weighted by Gasteiger charge is 2.41. The van der Waals surface area contributed by atoms with Crippen molar-refractivity contribution >= 4 is 41.5 Å². The topological polar surface area (TPSA) is 52.7 Å². The van der Waals surface area contributed by atoms with Crippen molar-refractivity contribution in [3.05, 3.63) is 29.3 Å². The SMILES string of the molecule is CCCN(C(=O)C1CCN(c2cccc(Cl)c2)C1=O)C1CCNC1.Cl. The lowest BCUT2D eigenvalue weighted by Gasteiger charge is -2.30. The fraction of sp³-hybridized carbons (Fsp3) is 0.556. The minimum absolute atomic E-state index is 0. The minimum atomic E-state index is -0.559. The standard InChI is InChI=1S/C18H24ClN3O2.ClH/c1-2-9-21(15-6-8-20-12-15)17(23)16-7-10-22(18(16)24)14-5-3-4-13(19)11-14;/h3-5,11,15-16,20H,2,6-10,12H2,1H3;1H. The molecule has 3 rings (SSSR count). The number of carbonyl (C=O) groups excluding carboxylic acids is 2. The number of halogens is 2. The molecule has 2 aliphatic rings. The number of anilines is 1. The quantitative estimate of drug-likeness (QED) is 0.792. The monoisotopic (exact) mass is 385 g/mol. The van der Waals surface area contributed by atoms with Gasteiger partial charge in [0, 0.05) is 36.4 Å². The second kappa shape index (κ2) is 8.88. The van der Waals surface area contributed by atoms with Gasteiger partial charge < -0.3 is 15.1 Å². The number of hydrogen-bond donors (Lipinski definition) is 1. The Hall–Kier alpha value is -1.30. The lowest BCUT2D eigenvalue weighted by molar-refractivity contribution is -0.141. The molecule has 2 aliphatic heterocycles. The number of hydrogen-bond acceptors (Lipinski definition) is 3. The van der Waals surface area contributed by atoms with Crippen LogP contribution in [0.1, 0.15) is 26.2 Å². The third-order valence-corrected chi connectivity index (χ3v) is 5.08. The molecule has 7 heteroatoms. The van der Waals surface area contributed by atoms with Gasteiger partial charge in [0.05, 0.1) is 0 Å². The van der Waals surface area contributed by atoms with Crippen LogP contribution in [0.5, 0.6) is 0 Å². The molecular formula is C18H25Cl2N3O2. The Morgan fingerprint density at radius 2 is 2.20 bits per heavy atom. The fourth-order valence-electron chi connectivity index (χ4n) is 3.63. The molecule has 1 aromatic carbocycles. The number of nitrogens with one attached hydrogen (secondary N) is 1. The van der Waals surface area contributed by atoms with E-state index >= 15 is 0 Å². The van der Waals surface area contributed by atoms with Crippen LogP contribution in [-0.2, 0) is 9.59 Å². The van der Waals surface area contributed by atoms with Crippen molar-refractivity contribution in [3.63, 3.8) is 0 Å². The second-order valence-corrected chi connectivity index (χ2v) is 6.93. The molecule has 2 heterocycles. The van der Waals surface area contributed by atoms with Crippen LogP contribution in [0.15, 0.2) is 24.3 Å². The molecular weight excluding hydrogens is 361 g/mol. The van der Waals surface area contributed by atoms with Crippen molar-refractivity contribution in [1.29, 1.82) is 0 Å². The third kappa shape index (κ3) is 4.27. The number of nitrogens with zero attached hydrogens (tertiary/aromatic N) is 2. The van der Waals surface area contributed by atoms with Crippen LogP contribution in [0.4, 0.5) is 5.69 Å². The van der Waals surface area contributed by atoms with Gasteiger partial charge in [-0.15, -0.1) is 12.4 Å². The molecule has 2 unspecified atom stereocenters. The van der Waals surface area contributed by atoms with E-state index < -0.39 is 5.92 Å². The molecule has 0 bridgehead atoms. The Morgan fingerprint density at radius 1 is 1.40 bits per heavy atom. The average Bonchev–Trinajstić information content (AvgIpc) is 3.21. The van der Waals surface area contributed by atoms with Crippen LogP contribution in [0.25, 0.3) is 0 Å². The van der Waals surface area contributed by atoms with Gasteiger partial charge in [-0.1, -0.05) is 24.6 Å². The number of carbonyl (C=O) groups is 2. The van der Waals surface area contributed by atoms with Gasteiger partial charge in [0.2, 0.25) is 11.8 Å². The Labute approximate surface area is 160 Å². The van der Waals surface area contributed by atoms with Crippen LogP contribution in [0, 0.1) is 5.92 Å². The van der Waals surface area contributed by atoms with Crippen molar-refractivity contribution in [1.82, 2.24) is 10.2 Å². The summed E-state index contributed by atoms with van der Waals surface area (Å²) in [5.41, 5.74) is 0.771. The molecule has 25 heavy (non-hydrogen) atoms. The van der Waals surface area contributed by atoms with Crippen molar-refractivity contribution in [2.75, 3.05) is 31.1 Å². The van der Waals surface area contributed by atoms with Gasteiger partial charge in [-0.25, -0.2) is 0 Å². The first kappa shape index (κ1) is 20.0. The van der Waals surface area contributed by atoms with Gasteiger partial charge in [0.25, 0.3) is 0 Å². The lowest BCUT2D eigenvalue weighted by atomic mass is 10.0. The molecule has 1 N–H and O–H groups in total. The van der Waals surface area contributed by atoms with Crippen LogP contribution in [0.3, 0.4) is 0 Å². The maximum Gasteiger partial charge on any atom is 0.239 e. The van der Waals surface area contributed by atoms with Crippen LogP contribution < -0.4 is 10.2 Å². The van der Waals surface area contributed by atoms with E-state index in [0.717, 1.165) is 31.6 Å². The molecule has 2 fully saturated rings. The van der Waals surface area contributed by atoms with Gasteiger partial charge in [0.1, 0.15) is 5.92 Å². The Bertz CT molecular complexity index is 620. The molecule has 5 nitrogen and oxygen atoms in total. The summed E-state index contributed by atoms with van der Waals surface area (Å²) < 4.78 is 0. The van der Waals surface area contributed by atoms with E-state index in [1.54, 1.807) is 17.0 Å². The van der Waals surface area contributed by atoms with Crippen LogP contribution in [0.2, 0.25) is 5.02 Å². The van der Waals surface area contributed by atoms with Gasteiger partial charge in [0.15, 0.2) is 0 Å².